The summed E-state index contributed by atoms with van der Waals surface area (Å²) >= 11 is 6.56. The van der Waals surface area contributed by atoms with Gasteiger partial charge in [-0.15, -0.1) is 0 Å². The minimum atomic E-state index is 0.420. The van der Waals surface area contributed by atoms with Gasteiger partial charge in [-0.3, -0.25) is 4.79 Å². The average Bonchev–Trinajstić information content (AvgIpc) is 2.13. The molecule has 0 unspecified atom stereocenters. The van der Waals surface area contributed by atoms with Gasteiger partial charge in [0.1, 0.15) is 5.78 Å². The number of ketones is 1. The third kappa shape index (κ3) is 8.91. The van der Waals surface area contributed by atoms with E-state index in [2.05, 4.69) is 36.8 Å². The third-order valence-electron chi connectivity index (χ3n) is 1.81. The number of piperidine rings is 1. The van der Waals surface area contributed by atoms with Gasteiger partial charge in [-0.1, -0.05) is 31.9 Å². The van der Waals surface area contributed by atoms with Crippen molar-refractivity contribution in [1.29, 1.82) is 0 Å². The van der Waals surface area contributed by atoms with Gasteiger partial charge in [0.25, 0.3) is 0 Å². The second kappa shape index (κ2) is 9.16. The highest BCUT2D eigenvalue weighted by Gasteiger charge is 2.10. The summed E-state index contributed by atoms with van der Waals surface area (Å²) < 4.78 is 0. The van der Waals surface area contributed by atoms with E-state index in [1.807, 2.05) is 7.05 Å². The summed E-state index contributed by atoms with van der Waals surface area (Å²) in [5.74, 6) is 0.420. The maximum Gasteiger partial charge on any atom is 0.135 e. The molecule has 13 heavy (non-hydrogen) atoms. The molecule has 1 heterocycles. The monoisotopic (exact) mass is 313 g/mol. The van der Waals surface area contributed by atoms with Crippen LogP contribution < -0.4 is 0 Å². The van der Waals surface area contributed by atoms with Gasteiger partial charge >= 0.3 is 0 Å². The number of halogens is 2. The number of hydrogen-bond acceptors (Lipinski definition) is 2. The van der Waals surface area contributed by atoms with Crippen molar-refractivity contribution in [2.24, 2.45) is 0 Å². The van der Waals surface area contributed by atoms with Crippen molar-refractivity contribution >= 4 is 37.6 Å². The summed E-state index contributed by atoms with van der Waals surface area (Å²) in [5, 5.41) is 2.22. The molecular formula is C9H17Br2NO. The van der Waals surface area contributed by atoms with E-state index in [9.17, 15) is 4.79 Å². The molecule has 1 aliphatic rings. The topological polar surface area (TPSA) is 20.3 Å². The fraction of sp³-hybridized carbons (Fsp3) is 0.889. The lowest BCUT2D eigenvalue weighted by Gasteiger charge is -2.19. The van der Waals surface area contributed by atoms with Crippen molar-refractivity contribution in [3.63, 3.8) is 0 Å². The van der Waals surface area contributed by atoms with Crippen LogP contribution in [0.2, 0.25) is 0 Å². The lowest BCUT2D eigenvalue weighted by atomic mass is 10.1. The van der Waals surface area contributed by atoms with Crippen LogP contribution in [0.25, 0.3) is 0 Å². The minimum absolute atomic E-state index is 0.420. The molecule has 0 aromatic heterocycles. The van der Waals surface area contributed by atoms with Crippen LogP contribution in [0.5, 0.6) is 0 Å². The van der Waals surface area contributed by atoms with E-state index in [0.717, 1.165) is 36.6 Å². The zero-order valence-electron chi connectivity index (χ0n) is 8.06. The van der Waals surface area contributed by atoms with Crippen LogP contribution in [0.15, 0.2) is 0 Å². The zero-order valence-corrected chi connectivity index (χ0v) is 11.2. The third-order valence-corrected chi connectivity index (χ3v) is 2.93. The van der Waals surface area contributed by atoms with Gasteiger partial charge in [-0.2, -0.15) is 0 Å². The molecule has 0 spiro atoms. The summed E-state index contributed by atoms with van der Waals surface area (Å²) in [4.78, 5) is 12.8. The van der Waals surface area contributed by atoms with Gasteiger partial charge in [0.05, 0.1) is 0 Å². The Bertz CT molecular complexity index is 130. The molecule has 1 fully saturated rings. The standard InChI is InChI=1S/C6H11NO.C3H6Br2/c1-7-4-2-6(8)3-5-7;4-2-1-3-5/h2-5H2,1H3;1-3H2. The Morgan fingerprint density at radius 2 is 1.69 bits per heavy atom. The second-order valence-corrected chi connectivity index (χ2v) is 4.66. The first-order chi connectivity index (χ1) is 6.20. The highest BCUT2D eigenvalue weighted by atomic mass is 79.9. The number of rotatable bonds is 2. The largest absolute Gasteiger partial charge is 0.305 e. The predicted octanol–water partition coefficient (Wildman–Crippen LogP) is 2.45. The van der Waals surface area contributed by atoms with Gasteiger partial charge in [-0.05, 0) is 13.5 Å². The van der Waals surface area contributed by atoms with E-state index in [4.69, 9.17) is 0 Å². The minimum Gasteiger partial charge on any atom is -0.305 e. The highest BCUT2D eigenvalue weighted by molar-refractivity contribution is 9.09. The Morgan fingerprint density at radius 1 is 1.23 bits per heavy atom. The van der Waals surface area contributed by atoms with Crippen LogP contribution >= 0.6 is 31.9 Å². The summed E-state index contributed by atoms with van der Waals surface area (Å²) in [5.41, 5.74) is 0. The summed E-state index contributed by atoms with van der Waals surface area (Å²) in [6.07, 6.45) is 2.74. The van der Waals surface area contributed by atoms with Crippen LogP contribution in [-0.4, -0.2) is 41.5 Å². The van der Waals surface area contributed by atoms with Crippen molar-refractivity contribution in [2.45, 2.75) is 19.3 Å². The Morgan fingerprint density at radius 3 is 1.92 bits per heavy atom. The lowest BCUT2D eigenvalue weighted by molar-refractivity contribution is -0.121. The molecule has 0 radical (unpaired) electrons. The van der Waals surface area contributed by atoms with Crippen LogP contribution in [0.1, 0.15) is 19.3 Å². The summed E-state index contributed by atoms with van der Waals surface area (Å²) in [7, 11) is 2.05. The van der Waals surface area contributed by atoms with E-state index < -0.39 is 0 Å². The Balaban J connectivity index is 0.000000252. The predicted molar refractivity (Wildman–Crippen MR) is 63.9 cm³/mol. The molecule has 0 bridgehead atoms. The molecule has 0 aliphatic carbocycles. The van der Waals surface area contributed by atoms with Gasteiger partial charge < -0.3 is 4.90 Å². The number of carbonyl (C=O) groups is 1. The van der Waals surface area contributed by atoms with Crippen molar-refractivity contribution < 1.29 is 4.79 Å². The first kappa shape index (κ1) is 13.6. The molecule has 0 atom stereocenters. The fourth-order valence-corrected chi connectivity index (χ4v) is 2.23. The quantitative estimate of drug-likeness (QED) is 0.730. The molecule has 0 amide bonds. The van der Waals surface area contributed by atoms with Crippen LogP contribution in [-0.2, 0) is 4.79 Å². The number of carbonyl (C=O) groups excluding carboxylic acids is 1. The summed E-state index contributed by atoms with van der Waals surface area (Å²) in [6, 6.07) is 0. The van der Waals surface area contributed by atoms with Gasteiger partial charge in [0.15, 0.2) is 0 Å². The molecule has 0 N–H and O–H groups in total. The fourth-order valence-electron chi connectivity index (χ4n) is 0.918. The number of alkyl halides is 2. The highest BCUT2D eigenvalue weighted by Crippen LogP contribution is 2.01. The molecule has 0 aromatic rings. The van der Waals surface area contributed by atoms with Crippen molar-refractivity contribution in [2.75, 3.05) is 30.8 Å². The SMILES string of the molecule is BrCCCBr.CN1CCC(=O)CC1. The van der Waals surface area contributed by atoms with E-state index in [1.165, 1.54) is 6.42 Å². The first-order valence-electron chi connectivity index (χ1n) is 4.53. The Labute approximate surface area is 97.3 Å². The smallest absolute Gasteiger partial charge is 0.135 e. The number of hydrogen-bond donors (Lipinski definition) is 0. The van der Waals surface area contributed by atoms with Crippen LogP contribution in [0.4, 0.5) is 0 Å². The van der Waals surface area contributed by atoms with Crippen LogP contribution in [0.3, 0.4) is 0 Å². The van der Waals surface area contributed by atoms with Crippen molar-refractivity contribution in [1.82, 2.24) is 4.90 Å². The number of nitrogens with zero attached hydrogens (tertiary/aromatic N) is 1. The van der Waals surface area contributed by atoms with Gasteiger partial charge in [0.2, 0.25) is 0 Å². The zero-order chi connectivity index (χ0) is 10.1. The molecule has 1 rings (SSSR count). The van der Waals surface area contributed by atoms with Crippen molar-refractivity contribution in [3.05, 3.63) is 0 Å². The summed E-state index contributed by atoms with van der Waals surface area (Å²) in [6.45, 7) is 1.91. The molecular weight excluding hydrogens is 298 g/mol. The van der Waals surface area contributed by atoms with Crippen molar-refractivity contribution in [3.8, 4) is 0 Å². The lowest BCUT2D eigenvalue weighted by Crippen LogP contribution is -2.29. The van der Waals surface area contributed by atoms with Gasteiger partial charge in [0, 0.05) is 36.6 Å². The maximum atomic E-state index is 10.6. The normalized spacial score (nSPS) is 17.9. The van der Waals surface area contributed by atoms with E-state index >= 15 is 0 Å². The molecule has 78 valence electrons. The molecule has 0 aromatic carbocycles. The van der Waals surface area contributed by atoms with E-state index in [-0.39, 0.29) is 0 Å². The molecule has 0 saturated carbocycles. The molecule has 4 heteroatoms. The molecule has 1 aliphatic heterocycles. The molecule has 1 saturated heterocycles. The second-order valence-electron chi connectivity index (χ2n) is 3.07. The number of Topliss-reactive ketones (excluding diaryl/α,β-unsaturated/α-hetero) is 1. The van der Waals surface area contributed by atoms with E-state index in [0.29, 0.717) is 5.78 Å². The first-order valence-corrected chi connectivity index (χ1v) is 6.77. The Kier molecular flexibility index (Phi) is 9.57. The van der Waals surface area contributed by atoms with E-state index in [1.54, 1.807) is 0 Å². The average molecular weight is 315 g/mol. The van der Waals surface area contributed by atoms with Crippen LogP contribution in [0, 0.1) is 0 Å². The van der Waals surface area contributed by atoms with Gasteiger partial charge in [-0.25, -0.2) is 0 Å². The maximum absolute atomic E-state index is 10.6. The number of likely N-dealkylation sites (tertiary alicyclic amines) is 1. The molecule has 2 nitrogen and oxygen atoms in total. The Hall–Kier alpha value is 0.590.